The number of hydrogen-bond acceptors (Lipinski definition) is 2. The highest BCUT2D eigenvalue weighted by molar-refractivity contribution is 6.52. The molecule has 0 amide bonds. The molecule has 0 aliphatic carbocycles. The van der Waals surface area contributed by atoms with Gasteiger partial charge in [0, 0.05) is 0 Å². The fraction of sp³-hybridized carbons (Fsp3) is 0.300. The highest BCUT2D eigenvalue weighted by Crippen LogP contribution is 2.40. The molecule has 0 bridgehead atoms. The summed E-state index contributed by atoms with van der Waals surface area (Å²) in [6.07, 6.45) is 6.18. The van der Waals surface area contributed by atoms with Crippen molar-refractivity contribution in [3.8, 4) is 12.3 Å². The Hall–Kier alpha value is -1.08. The van der Waals surface area contributed by atoms with Crippen LogP contribution < -0.4 is 5.73 Å². The second-order valence-electron chi connectivity index (χ2n) is 5.98. The van der Waals surface area contributed by atoms with Gasteiger partial charge in [0.2, 0.25) is 0 Å². The van der Waals surface area contributed by atoms with Crippen molar-refractivity contribution in [3.05, 3.63) is 22.0 Å². The van der Waals surface area contributed by atoms with Crippen LogP contribution in [0.4, 0.5) is 0 Å². The van der Waals surface area contributed by atoms with Gasteiger partial charge in [-0.2, -0.15) is 0 Å². The summed E-state index contributed by atoms with van der Waals surface area (Å²) in [7, 11) is 13.2. The number of hydrogen-bond donors (Lipinski definition) is 2. The Kier molecular flexibility index (Phi) is 6.23. The molecule has 10 heteroatoms. The number of carbonyl (C=O) groups is 1. The molecule has 0 rings (SSSR count). The van der Waals surface area contributed by atoms with Gasteiger partial charge in [0.05, 0.1) is 5.44 Å². The second kappa shape index (κ2) is 6.58. The molecule has 0 aliphatic rings. The Bertz CT molecular complexity index is 516. The first-order chi connectivity index (χ1) is 8.94. The van der Waals surface area contributed by atoms with Crippen LogP contribution in [0.5, 0.6) is 0 Å². The van der Waals surface area contributed by atoms with E-state index in [1.54, 1.807) is 7.85 Å². The zero-order valence-electron chi connectivity index (χ0n) is 13.7. The number of allylic oxidation sites excluding steroid dienone is 3. The molecule has 0 radical (unpaired) electrons. The minimum absolute atomic E-state index is 0.673. The van der Waals surface area contributed by atoms with Crippen molar-refractivity contribution in [2.75, 3.05) is 0 Å². The van der Waals surface area contributed by atoms with Crippen LogP contribution in [0.2, 0.25) is 11.5 Å². The predicted molar refractivity (Wildman–Crippen MR) is 105 cm³/mol. The molecule has 0 aromatic rings. The Morgan fingerprint density at radius 2 is 1.65 bits per heavy atom. The molecular formula is C10H20B7NO2. The van der Waals surface area contributed by atoms with Crippen LogP contribution in [0, 0.1) is 12.3 Å². The molecule has 0 fully saturated rings. The van der Waals surface area contributed by atoms with Gasteiger partial charge in [-0.3, -0.25) is 4.79 Å². The Morgan fingerprint density at radius 3 is 1.95 bits per heavy atom. The zero-order chi connectivity index (χ0) is 16.3. The third kappa shape index (κ3) is 3.33. The molecule has 3 N–H and O–H groups in total. The molecule has 0 aliphatic heterocycles. The Balaban J connectivity index is 6.20. The van der Waals surface area contributed by atoms with Gasteiger partial charge in [-0.15, -0.1) is 6.42 Å². The number of carboxylic acids is 1. The second-order valence-corrected chi connectivity index (χ2v) is 5.98. The van der Waals surface area contributed by atoms with Gasteiger partial charge < -0.3 is 10.8 Å². The fourth-order valence-corrected chi connectivity index (χ4v) is 2.37. The summed E-state index contributed by atoms with van der Waals surface area (Å²) in [5, 5.41) is 8.73. The van der Waals surface area contributed by atoms with Crippen LogP contribution in [0.15, 0.2) is 22.0 Å². The normalized spacial score (nSPS) is 17.2. The average molecular weight is 262 g/mol. The van der Waals surface area contributed by atoms with Crippen molar-refractivity contribution in [2.24, 2.45) is 5.73 Å². The maximum absolute atomic E-state index is 11.5. The van der Waals surface area contributed by atoms with E-state index in [4.69, 9.17) is 12.2 Å². The number of terminal acetylenes is 1. The molecule has 98 valence electrons. The maximum atomic E-state index is 11.5. The molecule has 0 spiro atoms. The van der Waals surface area contributed by atoms with Gasteiger partial charge in [-0.25, -0.2) is 0 Å². The van der Waals surface area contributed by atoms with Crippen molar-refractivity contribution >= 4 is 60.9 Å². The van der Waals surface area contributed by atoms with Crippen molar-refractivity contribution < 1.29 is 9.90 Å². The molecule has 20 heavy (non-hydrogen) atoms. The van der Waals surface area contributed by atoms with E-state index in [-0.39, 0.29) is 0 Å². The summed E-state index contributed by atoms with van der Waals surface area (Å²) in [5.74, 6) is 1.63. The summed E-state index contributed by atoms with van der Waals surface area (Å²) in [6.45, 7) is 0. The molecule has 1 atom stereocenters. The van der Waals surface area contributed by atoms with Crippen molar-refractivity contribution in [1.82, 2.24) is 0 Å². The van der Waals surface area contributed by atoms with Crippen LogP contribution in [0.3, 0.4) is 0 Å². The van der Waals surface area contributed by atoms with E-state index in [0.717, 1.165) is 28.3 Å². The van der Waals surface area contributed by atoms with E-state index < -0.39 is 16.6 Å². The average Bonchev–Trinajstić information content (AvgIpc) is 2.36. The minimum atomic E-state index is -1.34. The SMILES string of the molecule is BC/C(=C(B)\C(B)=C(\B)C#C)C(B)(B)[C@](B)(N)C(=O)O. The van der Waals surface area contributed by atoms with E-state index in [9.17, 15) is 9.90 Å². The Morgan fingerprint density at radius 1 is 1.20 bits per heavy atom. The van der Waals surface area contributed by atoms with Gasteiger partial charge >= 0.3 is 5.97 Å². The third-order valence-corrected chi connectivity index (χ3v) is 4.64. The van der Waals surface area contributed by atoms with Gasteiger partial charge in [0.15, 0.2) is 0 Å². The first-order valence-corrected chi connectivity index (χ1v) is 6.82. The molecule has 0 saturated carbocycles. The number of rotatable bonds is 5. The first kappa shape index (κ1) is 18.9. The van der Waals surface area contributed by atoms with E-state index in [2.05, 4.69) is 5.92 Å². The lowest BCUT2D eigenvalue weighted by Gasteiger charge is -2.42. The number of nitrogens with two attached hydrogens (primary N) is 1. The third-order valence-electron chi connectivity index (χ3n) is 4.64. The van der Waals surface area contributed by atoms with Gasteiger partial charge in [0.1, 0.15) is 54.9 Å². The fourth-order valence-electron chi connectivity index (χ4n) is 2.37. The predicted octanol–water partition coefficient (Wildman–Crippen LogP) is -6.21. The molecule has 0 aromatic heterocycles. The summed E-state index contributed by atoms with van der Waals surface area (Å²) in [5.41, 5.74) is 8.66. The van der Waals surface area contributed by atoms with Crippen LogP contribution in [-0.2, 0) is 4.79 Å². The van der Waals surface area contributed by atoms with Gasteiger partial charge in [0.25, 0.3) is 0 Å². The standard InChI is InChI=1S/C10H20B7NO2/c1-2-5(12)7(14)6(13)4(3-11)9(15,16)10(17,18)8(19)20/h1H,3,11-18H2,(H,19,20)/b6-4-,7-5-/t10-/m1/s1. The van der Waals surface area contributed by atoms with E-state index in [1.807, 2.05) is 47.1 Å². The molecule has 3 nitrogen and oxygen atoms in total. The van der Waals surface area contributed by atoms with Gasteiger partial charge in [-0.05, 0) is 10.7 Å². The Labute approximate surface area is 128 Å². The van der Waals surface area contributed by atoms with Gasteiger partial charge in [-0.1, -0.05) is 28.8 Å². The quantitative estimate of drug-likeness (QED) is 0.294. The molecular weight excluding hydrogens is 242 g/mol. The largest absolute Gasteiger partial charge is 0.480 e. The summed E-state index contributed by atoms with van der Waals surface area (Å²) >= 11 is 0. The first-order valence-electron chi connectivity index (χ1n) is 6.82. The number of carboxylic acid groups (broad SMARTS) is 1. The molecule has 0 unspecified atom stereocenters. The number of aliphatic carboxylic acids is 1. The topological polar surface area (TPSA) is 63.3 Å². The molecule has 0 saturated heterocycles. The molecule has 0 aromatic carbocycles. The van der Waals surface area contributed by atoms with Crippen LogP contribution >= 0.6 is 0 Å². The highest BCUT2D eigenvalue weighted by atomic mass is 16.4. The lowest BCUT2D eigenvalue weighted by Crippen LogP contribution is -2.59. The van der Waals surface area contributed by atoms with Crippen molar-refractivity contribution in [1.29, 1.82) is 0 Å². The van der Waals surface area contributed by atoms with Crippen molar-refractivity contribution in [3.63, 3.8) is 0 Å². The van der Waals surface area contributed by atoms with E-state index in [1.165, 1.54) is 0 Å². The lowest BCUT2D eigenvalue weighted by atomic mass is 9.35. The summed E-state index contributed by atoms with van der Waals surface area (Å²) in [4.78, 5) is 11.5. The van der Waals surface area contributed by atoms with Crippen LogP contribution in [-0.4, -0.2) is 71.4 Å². The van der Waals surface area contributed by atoms with E-state index >= 15 is 0 Å². The van der Waals surface area contributed by atoms with Crippen LogP contribution in [0.1, 0.15) is 0 Å². The summed E-state index contributed by atoms with van der Waals surface area (Å²) < 4.78 is 0. The van der Waals surface area contributed by atoms with E-state index in [0.29, 0.717) is 0 Å². The minimum Gasteiger partial charge on any atom is -0.480 e. The van der Waals surface area contributed by atoms with Crippen molar-refractivity contribution in [2.45, 2.75) is 17.0 Å². The van der Waals surface area contributed by atoms with Crippen LogP contribution in [0.25, 0.3) is 0 Å². The highest BCUT2D eigenvalue weighted by Gasteiger charge is 2.45. The zero-order valence-corrected chi connectivity index (χ0v) is 13.7. The smallest absolute Gasteiger partial charge is 0.314 e. The summed E-state index contributed by atoms with van der Waals surface area (Å²) in [6, 6.07) is 0. The lowest BCUT2D eigenvalue weighted by molar-refractivity contribution is -0.140. The monoisotopic (exact) mass is 263 g/mol. The maximum Gasteiger partial charge on any atom is 0.314 e. The molecule has 0 heterocycles.